The zero-order valence-corrected chi connectivity index (χ0v) is 12.9. The predicted octanol–water partition coefficient (Wildman–Crippen LogP) is 2.54. The third-order valence-electron chi connectivity index (χ3n) is 3.12. The van der Waals surface area contributed by atoms with Crippen molar-refractivity contribution in [1.29, 1.82) is 0 Å². The largest absolute Gasteiger partial charge is 0.323 e. The summed E-state index contributed by atoms with van der Waals surface area (Å²) in [5.41, 5.74) is 8.27. The van der Waals surface area contributed by atoms with Gasteiger partial charge in [0, 0.05) is 6.08 Å². The zero-order chi connectivity index (χ0) is 16.7. The molecule has 2 aromatic rings. The number of hydrogen-bond acceptors (Lipinski definition) is 3. The molecule has 5 nitrogen and oxygen atoms in total. The van der Waals surface area contributed by atoms with Crippen molar-refractivity contribution in [3.05, 3.63) is 65.7 Å². The molecule has 0 bridgehead atoms. The Morgan fingerprint density at radius 1 is 1.04 bits per heavy atom. The summed E-state index contributed by atoms with van der Waals surface area (Å²) in [7, 11) is 0. The van der Waals surface area contributed by atoms with Gasteiger partial charge in [-0.1, -0.05) is 36.4 Å². The van der Waals surface area contributed by atoms with Gasteiger partial charge in [-0.3, -0.25) is 9.59 Å². The molecule has 0 spiro atoms. The lowest BCUT2D eigenvalue weighted by molar-refractivity contribution is -0.115. The molecule has 118 valence electrons. The molecular weight excluding hydrogens is 290 g/mol. The molecule has 2 rings (SSSR count). The van der Waals surface area contributed by atoms with E-state index in [2.05, 4.69) is 10.6 Å². The molecule has 4 N–H and O–H groups in total. The van der Waals surface area contributed by atoms with E-state index in [1.54, 1.807) is 18.2 Å². The molecule has 0 unspecified atom stereocenters. The van der Waals surface area contributed by atoms with Gasteiger partial charge in [0.25, 0.3) is 0 Å². The van der Waals surface area contributed by atoms with Crippen molar-refractivity contribution in [2.24, 2.45) is 5.73 Å². The second-order valence-electron chi connectivity index (χ2n) is 5.03. The molecule has 2 aromatic carbocycles. The van der Waals surface area contributed by atoms with Gasteiger partial charge >= 0.3 is 0 Å². The van der Waals surface area contributed by atoms with Crippen LogP contribution in [0, 0.1) is 6.92 Å². The van der Waals surface area contributed by atoms with E-state index in [4.69, 9.17) is 5.73 Å². The summed E-state index contributed by atoms with van der Waals surface area (Å²) in [6.07, 6.45) is 3.17. The average Bonchev–Trinajstić information content (AvgIpc) is 2.56. The summed E-state index contributed by atoms with van der Waals surface area (Å²) >= 11 is 0. The van der Waals surface area contributed by atoms with Crippen molar-refractivity contribution >= 4 is 29.3 Å². The van der Waals surface area contributed by atoms with Crippen molar-refractivity contribution in [3.63, 3.8) is 0 Å². The molecule has 5 heteroatoms. The molecule has 2 amide bonds. The number of amides is 2. The van der Waals surface area contributed by atoms with Crippen LogP contribution in [-0.2, 0) is 9.59 Å². The fraction of sp³-hybridized carbons (Fsp3) is 0.111. The molecule has 0 radical (unpaired) electrons. The van der Waals surface area contributed by atoms with Crippen LogP contribution in [0.5, 0.6) is 0 Å². The number of nitrogens with one attached hydrogen (secondary N) is 2. The van der Waals surface area contributed by atoms with E-state index in [-0.39, 0.29) is 18.4 Å². The van der Waals surface area contributed by atoms with Gasteiger partial charge in [-0.15, -0.1) is 0 Å². The van der Waals surface area contributed by atoms with Crippen LogP contribution in [0.3, 0.4) is 0 Å². The Balaban J connectivity index is 2.11. The normalized spacial score (nSPS) is 10.5. The van der Waals surface area contributed by atoms with Crippen LogP contribution in [-0.4, -0.2) is 18.4 Å². The minimum atomic E-state index is -0.314. The smallest absolute Gasteiger partial charge is 0.248 e. The third kappa shape index (κ3) is 5.09. The summed E-state index contributed by atoms with van der Waals surface area (Å²) < 4.78 is 0. The van der Waals surface area contributed by atoms with Crippen LogP contribution < -0.4 is 16.4 Å². The molecule has 0 heterocycles. The molecule has 0 saturated carbocycles. The number of carbonyl (C=O) groups excluding carboxylic acids is 2. The fourth-order valence-electron chi connectivity index (χ4n) is 1.98. The van der Waals surface area contributed by atoms with E-state index in [0.29, 0.717) is 11.4 Å². The van der Waals surface area contributed by atoms with Gasteiger partial charge in [0.05, 0.1) is 17.9 Å². The van der Waals surface area contributed by atoms with E-state index in [1.807, 2.05) is 43.3 Å². The summed E-state index contributed by atoms with van der Waals surface area (Å²) in [4.78, 5) is 23.5. The van der Waals surface area contributed by atoms with Gasteiger partial charge in [0.2, 0.25) is 11.8 Å². The van der Waals surface area contributed by atoms with Crippen LogP contribution in [0.1, 0.15) is 11.1 Å². The number of aryl methyl sites for hydroxylation is 1. The maximum absolute atomic E-state index is 12.0. The maximum Gasteiger partial charge on any atom is 0.248 e. The van der Waals surface area contributed by atoms with Crippen LogP contribution >= 0.6 is 0 Å². The van der Waals surface area contributed by atoms with E-state index in [1.165, 1.54) is 6.08 Å². The number of rotatable bonds is 5. The Hall–Kier alpha value is -2.92. The number of benzene rings is 2. The first-order valence-electron chi connectivity index (χ1n) is 7.23. The van der Waals surface area contributed by atoms with Gasteiger partial charge in [-0.25, -0.2) is 0 Å². The Bertz CT molecular complexity index is 724. The predicted molar refractivity (Wildman–Crippen MR) is 93.0 cm³/mol. The molecular formula is C18H19N3O2. The molecule has 0 atom stereocenters. The number of nitrogens with two attached hydrogens (primary N) is 1. The van der Waals surface area contributed by atoms with Gasteiger partial charge < -0.3 is 16.4 Å². The molecule has 0 aliphatic heterocycles. The van der Waals surface area contributed by atoms with Gasteiger partial charge in [0.1, 0.15) is 0 Å². The van der Waals surface area contributed by atoms with Crippen molar-refractivity contribution in [2.45, 2.75) is 6.92 Å². The third-order valence-corrected chi connectivity index (χ3v) is 3.12. The van der Waals surface area contributed by atoms with Gasteiger partial charge in [-0.2, -0.15) is 0 Å². The maximum atomic E-state index is 12.0. The molecule has 0 aliphatic rings. The minimum Gasteiger partial charge on any atom is -0.323 e. The van der Waals surface area contributed by atoms with E-state index >= 15 is 0 Å². The first-order valence-corrected chi connectivity index (χ1v) is 7.23. The van der Waals surface area contributed by atoms with Crippen LogP contribution in [0.2, 0.25) is 0 Å². The lowest BCUT2D eigenvalue weighted by Gasteiger charge is -2.12. The molecule has 23 heavy (non-hydrogen) atoms. The van der Waals surface area contributed by atoms with Gasteiger partial charge in [-0.05, 0) is 36.3 Å². The van der Waals surface area contributed by atoms with E-state index < -0.39 is 0 Å². The lowest BCUT2D eigenvalue weighted by Crippen LogP contribution is -2.23. The SMILES string of the molecule is Cc1ccc(NC(=O)/C=C/c2ccccc2)c(NC(=O)CN)c1. The number of hydrogen-bond donors (Lipinski definition) is 3. The molecule has 0 fully saturated rings. The first-order chi connectivity index (χ1) is 11.1. The number of anilines is 2. The zero-order valence-electron chi connectivity index (χ0n) is 12.9. The summed E-state index contributed by atoms with van der Waals surface area (Å²) in [5, 5.41) is 5.43. The quantitative estimate of drug-likeness (QED) is 0.742. The van der Waals surface area contributed by atoms with Crippen LogP contribution in [0.25, 0.3) is 6.08 Å². The highest BCUT2D eigenvalue weighted by Crippen LogP contribution is 2.23. The average molecular weight is 309 g/mol. The van der Waals surface area contributed by atoms with Crippen LogP contribution in [0.15, 0.2) is 54.6 Å². The minimum absolute atomic E-state index is 0.116. The standard InChI is InChI=1S/C18H19N3O2/c1-13-7-9-15(16(11-13)21-18(23)12-19)20-17(22)10-8-14-5-3-2-4-6-14/h2-11H,12,19H2,1H3,(H,20,22)(H,21,23)/b10-8+. The highest BCUT2D eigenvalue weighted by Gasteiger charge is 2.08. The van der Waals surface area contributed by atoms with E-state index in [0.717, 1.165) is 11.1 Å². The van der Waals surface area contributed by atoms with Crippen molar-refractivity contribution in [2.75, 3.05) is 17.2 Å². The van der Waals surface area contributed by atoms with E-state index in [9.17, 15) is 9.59 Å². The van der Waals surface area contributed by atoms with Crippen molar-refractivity contribution < 1.29 is 9.59 Å². The first kappa shape index (κ1) is 16.5. The summed E-state index contributed by atoms with van der Waals surface area (Å²) in [6.45, 7) is 1.79. The van der Waals surface area contributed by atoms with Gasteiger partial charge in [0.15, 0.2) is 0 Å². The molecule has 0 saturated heterocycles. The lowest BCUT2D eigenvalue weighted by atomic mass is 10.2. The second-order valence-corrected chi connectivity index (χ2v) is 5.03. The highest BCUT2D eigenvalue weighted by atomic mass is 16.2. The Morgan fingerprint density at radius 2 is 1.78 bits per heavy atom. The fourth-order valence-corrected chi connectivity index (χ4v) is 1.98. The Morgan fingerprint density at radius 3 is 2.48 bits per heavy atom. The summed E-state index contributed by atoms with van der Waals surface area (Å²) in [6, 6.07) is 14.9. The molecule has 0 aromatic heterocycles. The van der Waals surface area contributed by atoms with Crippen molar-refractivity contribution in [3.8, 4) is 0 Å². The topological polar surface area (TPSA) is 84.2 Å². The van der Waals surface area contributed by atoms with Crippen LogP contribution in [0.4, 0.5) is 11.4 Å². The number of carbonyl (C=O) groups is 2. The Labute approximate surface area is 135 Å². The second kappa shape index (κ2) is 7.91. The highest BCUT2D eigenvalue weighted by molar-refractivity contribution is 6.05. The summed E-state index contributed by atoms with van der Waals surface area (Å²) in [5.74, 6) is -0.591. The molecule has 0 aliphatic carbocycles. The monoisotopic (exact) mass is 309 g/mol. The van der Waals surface area contributed by atoms with Crippen molar-refractivity contribution in [1.82, 2.24) is 0 Å². The Kier molecular flexibility index (Phi) is 5.66.